The van der Waals surface area contributed by atoms with Gasteiger partial charge in [0.2, 0.25) is 0 Å². The molecule has 3 aromatic rings. The number of carbonyl (C=O) groups excluding carboxylic acids is 1. The molecule has 4 rings (SSSR count). The van der Waals surface area contributed by atoms with Gasteiger partial charge in [-0.2, -0.15) is 0 Å². The largest absolute Gasteiger partial charge is 0.349 e. The number of aryl methyl sites for hydroxylation is 2. The van der Waals surface area contributed by atoms with Crippen molar-refractivity contribution in [1.82, 2.24) is 24.6 Å². The van der Waals surface area contributed by atoms with Crippen LogP contribution in [0.2, 0.25) is 5.02 Å². The topological polar surface area (TPSA) is 66.8 Å². The van der Waals surface area contributed by atoms with E-state index in [1.54, 1.807) is 4.90 Å². The van der Waals surface area contributed by atoms with Crippen LogP contribution < -0.4 is 0 Å². The summed E-state index contributed by atoms with van der Waals surface area (Å²) in [5, 5.41) is 9.57. The van der Waals surface area contributed by atoms with Crippen LogP contribution >= 0.6 is 11.6 Å². The molecule has 1 aliphatic heterocycles. The van der Waals surface area contributed by atoms with Crippen LogP contribution in [0.1, 0.15) is 27.7 Å². The molecule has 1 aliphatic rings. The molecule has 0 bridgehead atoms. The van der Waals surface area contributed by atoms with Crippen LogP contribution in [0.15, 0.2) is 18.2 Å². The SMILES string of the molecule is Cc1ccc2[nH]c(C(=O)N3CCn4c(C)nnc4C3)c(Cl)c2c1. The average Bonchev–Trinajstić information content (AvgIpc) is 3.08. The van der Waals surface area contributed by atoms with Gasteiger partial charge < -0.3 is 14.5 Å². The number of hydrogen-bond donors (Lipinski definition) is 1. The lowest BCUT2D eigenvalue weighted by Crippen LogP contribution is -2.38. The van der Waals surface area contributed by atoms with Gasteiger partial charge in [-0.15, -0.1) is 10.2 Å². The molecule has 2 aromatic heterocycles. The standard InChI is InChI=1S/C16H16ClN5O/c1-9-3-4-12-11(7-9)14(17)15(18-12)16(23)21-5-6-22-10(2)19-20-13(22)8-21/h3-4,7,18H,5-6,8H2,1-2H3. The van der Waals surface area contributed by atoms with E-state index in [9.17, 15) is 4.79 Å². The second kappa shape index (κ2) is 5.09. The molecule has 0 atom stereocenters. The zero-order valence-electron chi connectivity index (χ0n) is 12.9. The van der Waals surface area contributed by atoms with Crippen LogP contribution in [-0.4, -0.2) is 37.1 Å². The van der Waals surface area contributed by atoms with Crippen LogP contribution in [0, 0.1) is 13.8 Å². The maximum atomic E-state index is 12.8. The van der Waals surface area contributed by atoms with Crippen molar-refractivity contribution in [1.29, 1.82) is 0 Å². The molecular weight excluding hydrogens is 314 g/mol. The number of amides is 1. The minimum Gasteiger partial charge on any atom is -0.349 e. The summed E-state index contributed by atoms with van der Waals surface area (Å²) in [6.07, 6.45) is 0. The number of aromatic nitrogens is 4. The number of nitrogens with zero attached hydrogens (tertiary/aromatic N) is 4. The maximum Gasteiger partial charge on any atom is 0.272 e. The van der Waals surface area contributed by atoms with Crippen LogP contribution in [0.3, 0.4) is 0 Å². The van der Waals surface area contributed by atoms with Gasteiger partial charge >= 0.3 is 0 Å². The van der Waals surface area contributed by atoms with Crippen LogP contribution in [0.4, 0.5) is 0 Å². The van der Waals surface area contributed by atoms with Crippen LogP contribution in [0.5, 0.6) is 0 Å². The quantitative estimate of drug-likeness (QED) is 0.746. The van der Waals surface area contributed by atoms with E-state index in [-0.39, 0.29) is 5.91 Å². The number of hydrogen-bond acceptors (Lipinski definition) is 3. The fourth-order valence-corrected chi connectivity index (χ4v) is 3.34. The van der Waals surface area contributed by atoms with E-state index in [0.29, 0.717) is 30.4 Å². The van der Waals surface area contributed by atoms with Crippen molar-refractivity contribution < 1.29 is 4.79 Å². The van der Waals surface area contributed by atoms with E-state index in [4.69, 9.17) is 11.6 Å². The van der Waals surface area contributed by atoms with Crippen molar-refractivity contribution in [2.75, 3.05) is 6.54 Å². The third kappa shape index (κ3) is 2.21. The van der Waals surface area contributed by atoms with Gasteiger partial charge in [0.15, 0.2) is 5.82 Å². The molecule has 1 N–H and O–H groups in total. The smallest absolute Gasteiger partial charge is 0.272 e. The number of fused-ring (bicyclic) bond motifs is 2. The van der Waals surface area contributed by atoms with E-state index in [0.717, 1.165) is 28.1 Å². The number of rotatable bonds is 1. The fourth-order valence-electron chi connectivity index (χ4n) is 3.05. The van der Waals surface area contributed by atoms with Gasteiger partial charge in [0, 0.05) is 24.0 Å². The molecular formula is C16H16ClN5O. The first-order valence-electron chi connectivity index (χ1n) is 7.50. The Morgan fingerprint density at radius 3 is 2.91 bits per heavy atom. The number of H-pyrrole nitrogens is 1. The van der Waals surface area contributed by atoms with E-state index in [2.05, 4.69) is 15.2 Å². The monoisotopic (exact) mass is 329 g/mol. The molecule has 1 amide bonds. The highest BCUT2D eigenvalue weighted by Crippen LogP contribution is 2.29. The zero-order chi connectivity index (χ0) is 16.1. The van der Waals surface area contributed by atoms with Gasteiger partial charge in [-0.05, 0) is 26.0 Å². The summed E-state index contributed by atoms with van der Waals surface area (Å²) < 4.78 is 2.04. The summed E-state index contributed by atoms with van der Waals surface area (Å²) in [5.41, 5.74) is 2.43. The maximum absolute atomic E-state index is 12.8. The average molecular weight is 330 g/mol. The molecule has 0 saturated heterocycles. The fraction of sp³-hybridized carbons (Fsp3) is 0.312. The third-order valence-electron chi connectivity index (χ3n) is 4.33. The van der Waals surface area contributed by atoms with Crippen LogP contribution in [-0.2, 0) is 13.1 Å². The van der Waals surface area contributed by atoms with E-state index < -0.39 is 0 Å². The molecule has 0 saturated carbocycles. The van der Waals surface area contributed by atoms with Crippen molar-refractivity contribution in [2.45, 2.75) is 26.9 Å². The highest BCUT2D eigenvalue weighted by molar-refractivity contribution is 6.38. The highest BCUT2D eigenvalue weighted by atomic mass is 35.5. The molecule has 0 unspecified atom stereocenters. The molecule has 0 aliphatic carbocycles. The summed E-state index contributed by atoms with van der Waals surface area (Å²) in [4.78, 5) is 17.8. The van der Waals surface area contributed by atoms with E-state index in [1.165, 1.54) is 0 Å². The molecule has 0 spiro atoms. The summed E-state index contributed by atoms with van der Waals surface area (Å²) >= 11 is 6.44. The lowest BCUT2D eigenvalue weighted by molar-refractivity contribution is 0.0702. The molecule has 6 nitrogen and oxygen atoms in total. The summed E-state index contributed by atoms with van der Waals surface area (Å²) in [7, 11) is 0. The zero-order valence-corrected chi connectivity index (χ0v) is 13.7. The van der Waals surface area contributed by atoms with Crippen molar-refractivity contribution >= 4 is 28.4 Å². The molecule has 7 heteroatoms. The minimum atomic E-state index is -0.101. The molecule has 23 heavy (non-hydrogen) atoms. The Kier molecular flexibility index (Phi) is 3.16. The summed E-state index contributed by atoms with van der Waals surface area (Å²) in [5.74, 6) is 1.59. The Morgan fingerprint density at radius 1 is 1.26 bits per heavy atom. The molecule has 118 valence electrons. The van der Waals surface area contributed by atoms with Crippen molar-refractivity contribution in [3.05, 3.63) is 46.1 Å². The predicted octanol–water partition coefficient (Wildman–Crippen LogP) is 2.69. The minimum absolute atomic E-state index is 0.101. The Balaban J connectivity index is 1.69. The Labute approximate surface area is 138 Å². The molecule has 3 heterocycles. The third-order valence-corrected chi connectivity index (χ3v) is 4.72. The second-order valence-electron chi connectivity index (χ2n) is 5.90. The van der Waals surface area contributed by atoms with Crippen molar-refractivity contribution in [3.63, 3.8) is 0 Å². The van der Waals surface area contributed by atoms with Crippen LogP contribution in [0.25, 0.3) is 10.9 Å². The number of aromatic amines is 1. The van der Waals surface area contributed by atoms with Gasteiger partial charge in [-0.1, -0.05) is 23.2 Å². The second-order valence-corrected chi connectivity index (χ2v) is 6.28. The number of carbonyl (C=O) groups is 1. The number of halogens is 1. The van der Waals surface area contributed by atoms with Gasteiger partial charge in [0.05, 0.1) is 11.6 Å². The Hall–Kier alpha value is -2.34. The first-order chi connectivity index (χ1) is 11.0. The lowest BCUT2D eigenvalue weighted by Gasteiger charge is -2.27. The summed E-state index contributed by atoms with van der Waals surface area (Å²) in [6, 6.07) is 5.93. The molecule has 1 aromatic carbocycles. The normalized spacial score (nSPS) is 14.3. The Bertz CT molecular complexity index is 926. The van der Waals surface area contributed by atoms with Crippen molar-refractivity contribution in [3.8, 4) is 0 Å². The first kappa shape index (κ1) is 14.3. The predicted molar refractivity (Wildman–Crippen MR) is 87.5 cm³/mol. The van der Waals surface area contributed by atoms with Gasteiger partial charge in [0.1, 0.15) is 11.5 Å². The summed E-state index contributed by atoms with van der Waals surface area (Å²) in [6.45, 7) is 5.70. The van der Waals surface area contributed by atoms with E-state index >= 15 is 0 Å². The number of nitrogens with one attached hydrogen (secondary N) is 1. The van der Waals surface area contributed by atoms with Crippen molar-refractivity contribution in [2.24, 2.45) is 0 Å². The molecule has 0 radical (unpaired) electrons. The highest BCUT2D eigenvalue weighted by Gasteiger charge is 2.27. The Morgan fingerprint density at radius 2 is 2.09 bits per heavy atom. The van der Waals surface area contributed by atoms with Gasteiger partial charge in [-0.25, -0.2) is 0 Å². The van der Waals surface area contributed by atoms with E-state index in [1.807, 2.05) is 36.6 Å². The van der Waals surface area contributed by atoms with Gasteiger partial charge in [0.25, 0.3) is 5.91 Å². The first-order valence-corrected chi connectivity index (χ1v) is 7.88. The number of benzene rings is 1. The lowest BCUT2D eigenvalue weighted by atomic mass is 10.2. The van der Waals surface area contributed by atoms with Gasteiger partial charge in [-0.3, -0.25) is 4.79 Å². The molecule has 0 fully saturated rings.